The Morgan fingerprint density at radius 2 is 2.19 bits per heavy atom. The van der Waals surface area contributed by atoms with E-state index in [0.717, 1.165) is 11.9 Å². The molecule has 0 aromatic carbocycles. The van der Waals surface area contributed by atoms with Gasteiger partial charge in [-0.2, -0.15) is 10.2 Å². The predicted molar refractivity (Wildman–Crippen MR) is 95.6 cm³/mol. The van der Waals surface area contributed by atoms with Gasteiger partial charge < -0.3 is 9.73 Å². The standard InChI is InChI=1S/C16H17ClN6O4/c1-11-14(17)10-21(20-11)6-2-5-18-16(24)15-4-3-13(27-15)9-22-8-12(7-19-22)23(25)26/h3-4,7-8,10H,2,5-6,9H2,1H3,(H,18,24). The van der Waals surface area contributed by atoms with E-state index in [4.69, 9.17) is 16.0 Å². The van der Waals surface area contributed by atoms with Crippen LogP contribution < -0.4 is 5.32 Å². The average molecular weight is 393 g/mol. The van der Waals surface area contributed by atoms with E-state index in [2.05, 4.69) is 15.5 Å². The third-order valence-corrected chi connectivity index (χ3v) is 4.14. The zero-order chi connectivity index (χ0) is 19.4. The van der Waals surface area contributed by atoms with Crippen molar-refractivity contribution in [1.29, 1.82) is 0 Å². The van der Waals surface area contributed by atoms with Crippen LogP contribution in [-0.4, -0.2) is 36.9 Å². The van der Waals surface area contributed by atoms with E-state index in [-0.39, 0.29) is 23.9 Å². The van der Waals surface area contributed by atoms with Gasteiger partial charge in [0, 0.05) is 19.3 Å². The highest BCUT2D eigenvalue weighted by molar-refractivity contribution is 6.31. The van der Waals surface area contributed by atoms with Gasteiger partial charge in [-0.15, -0.1) is 0 Å². The largest absolute Gasteiger partial charge is 0.454 e. The monoisotopic (exact) mass is 392 g/mol. The van der Waals surface area contributed by atoms with E-state index in [0.29, 0.717) is 30.3 Å². The second kappa shape index (κ2) is 8.04. The molecule has 0 atom stereocenters. The number of rotatable bonds is 8. The fraction of sp³-hybridized carbons (Fsp3) is 0.312. The van der Waals surface area contributed by atoms with E-state index >= 15 is 0 Å². The first-order chi connectivity index (χ1) is 12.9. The summed E-state index contributed by atoms with van der Waals surface area (Å²) in [6.07, 6.45) is 4.89. The summed E-state index contributed by atoms with van der Waals surface area (Å²) in [5.41, 5.74) is 0.666. The highest BCUT2D eigenvalue weighted by Gasteiger charge is 2.13. The number of nitrogens with zero attached hydrogens (tertiary/aromatic N) is 5. The van der Waals surface area contributed by atoms with Crippen LogP contribution in [0, 0.1) is 17.0 Å². The molecule has 0 fully saturated rings. The van der Waals surface area contributed by atoms with Crippen LogP contribution in [0.15, 0.2) is 35.1 Å². The zero-order valence-electron chi connectivity index (χ0n) is 14.5. The van der Waals surface area contributed by atoms with E-state index in [9.17, 15) is 14.9 Å². The van der Waals surface area contributed by atoms with Crippen LogP contribution in [0.4, 0.5) is 5.69 Å². The number of carbonyl (C=O) groups is 1. The van der Waals surface area contributed by atoms with Gasteiger partial charge >= 0.3 is 5.69 Å². The number of hydrogen-bond acceptors (Lipinski definition) is 6. The SMILES string of the molecule is Cc1nn(CCCNC(=O)c2ccc(Cn3cc([N+](=O)[O-])cn3)o2)cc1Cl. The molecule has 1 amide bonds. The molecule has 0 saturated heterocycles. The lowest BCUT2D eigenvalue weighted by Gasteiger charge is -2.04. The Hall–Kier alpha value is -3.14. The van der Waals surface area contributed by atoms with Crippen molar-refractivity contribution in [2.24, 2.45) is 0 Å². The van der Waals surface area contributed by atoms with Gasteiger partial charge in [0.25, 0.3) is 5.91 Å². The van der Waals surface area contributed by atoms with Gasteiger partial charge in [0.2, 0.25) is 0 Å². The molecule has 0 aliphatic carbocycles. The zero-order valence-corrected chi connectivity index (χ0v) is 15.2. The first-order valence-corrected chi connectivity index (χ1v) is 8.53. The molecule has 3 heterocycles. The third-order valence-electron chi connectivity index (χ3n) is 3.77. The fourth-order valence-electron chi connectivity index (χ4n) is 2.42. The van der Waals surface area contributed by atoms with Crippen molar-refractivity contribution in [2.75, 3.05) is 6.54 Å². The second-order valence-corrected chi connectivity index (χ2v) is 6.26. The summed E-state index contributed by atoms with van der Waals surface area (Å²) in [6.45, 7) is 3.11. The number of aryl methyl sites for hydroxylation is 2. The normalized spacial score (nSPS) is 10.9. The van der Waals surface area contributed by atoms with Gasteiger partial charge in [0.05, 0.1) is 22.2 Å². The number of aromatic nitrogens is 4. The van der Waals surface area contributed by atoms with Crippen LogP contribution in [0.1, 0.15) is 28.4 Å². The molecule has 3 rings (SSSR count). The molecule has 27 heavy (non-hydrogen) atoms. The van der Waals surface area contributed by atoms with Crippen molar-refractivity contribution in [3.63, 3.8) is 0 Å². The average Bonchev–Trinajstić information content (AvgIpc) is 3.34. The van der Waals surface area contributed by atoms with Crippen molar-refractivity contribution in [3.8, 4) is 0 Å². The number of carbonyl (C=O) groups excluding carboxylic acids is 1. The Bertz CT molecular complexity index is 940. The maximum absolute atomic E-state index is 12.1. The molecule has 0 radical (unpaired) electrons. The van der Waals surface area contributed by atoms with Crippen LogP contribution in [0.5, 0.6) is 0 Å². The first-order valence-electron chi connectivity index (χ1n) is 8.15. The van der Waals surface area contributed by atoms with Crippen molar-refractivity contribution in [1.82, 2.24) is 24.9 Å². The molecule has 0 aliphatic heterocycles. The first kappa shape index (κ1) is 18.6. The molecule has 0 saturated carbocycles. The summed E-state index contributed by atoms with van der Waals surface area (Å²) in [4.78, 5) is 22.2. The topological polar surface area (TPSA) is 121 Å². The molecule has 0 spiro atoms. The Kier molecular flexibility index (Phi) is 5.55. The van der Waals surface area contributed by atoms with Crippen molar-refractivity contribution >= 4 is 23.2 Å². The van der Waals surface area contributed by atoms with Gasteiger partial charge in [-0.25, -0.2) is 0 Å². The Labute approximate surface area is 158 Å². The molecule has 11 heteroatoms. The highest BCUT2D eigenvalue weighted by atomic mass is 35.5. The lowest BCUT2D eigenvalue weighted by Crippen LogP contribution is -2.24. The number of nitro groups is 1. The lowest BCUT2D eigenvalue weighted by molar-refractivity contribution is -0.385. The Morgan fingerprint density at radius 3 is 2.85 bits per heavy atom. The third kappa shape index (κ3) is 4.73. The summed E-state index contributed by atoms with van der Waals surface area (Å²) in [5.74, 6) is 0.312. The van der Waals surface area contributed by atoms with Crippen LogP contribution in [0.3, 0.4) is 0 Å². The lowest BCUT2D eigenvalue weighted by atomic mass is 10.3. The van der Waals surface area contributed by atoms with E-state index in [1.54, 1.807) is 23.0 Å². The molecule has 142 valence electrons. The molecule has 1 N–H and O–H groups in total. The van der Waals surface area contributed by atoms with Crippen molar-refractivity contribution in [2.45, 2.75) is 26.4 Å². The Balaban J connectivity index is 1.46. The number of nitrogens with one attached hydrogen (secondary N) is 1. The smallest absolute Gasteiger partial charge is 0.307 e. The maximum Gasteiger partial charge on any atom is 0.307 e. The Morgan fingerprint density at radius 1 is 1.37 bits per heavy atom. The minimum Gasteiger partial charge on any atom is -0.454 e. The molecule has 0 unspecified atom stereocenters. The minimum atomic E-state index is -0.525. The van der Waals surface area contributed by atoms with Crippen LogP contribution in [0.25, 0.3) is 0 Å². The van der Waals surface area contributed by atoms with Gasteiger partial charge in [-0.3, -0.25) is 24.3 Å². The highest BCUT2D eigenvalue weighted by Crippen LogP contribution is 2.13. The van der Waals surface area contributed by atoms with Crippen molar-refractivity contribution < 1.29 is 14.1 Å². The summed E-state index contributed by atoms with van der Waals surface area (Å²) >= 11 is 5.94. The molecule has 3 aromatic rings. The summed E-state index contributed by atoms with van der Waals surface area (Å²) in [5, 5.41) is 22.2. The summed E-state index contributed by atoms with van der Waals surface area (Å²) in [6, 6.07) is 3.19. The number of halogens is 1. The van der Waals surface area contributed by atoms with Gasteiger partial charge in [-0.05, 0) is 25.5 Å². The van der Waals surface area contributed by atoms with Gasteiger partial charge in [0.15, 0.2) is 5.76 Å². The summed E-state index contributed by atoms with van der Waals surface area (Å²) < 4.78 is 8.58. The predicted octanol–water partition coefficient (Wildman–Crippen LogP) is 2.41. The molecular formula is C16H17ClN6O4. The molecule has 0 bridgehead atoms. The molecule has 3 aromatic heterocycles. The van der Waals surface area contributed by atoms with Crippen molar-refractivity contribution in [3.05, 3.63) is 63.1 Å². The molecule has 10 nitrogen and oxygen atoms in total. The second-order valence-electron chi connectivity index (χ2n) is 5.85. The summed E-state index contributed by atoms with van der Waals surface area (Å²) in [7, 11) is 0. The number of furan rings is 1. The van der Waals surface area contributed by atoms with Gasteiger partial charge in [-0.1, -0.05) is 11.6 Å². The number of hydrogen-bond donors (Lipinski definition) is 1. The van der Waals surface area contributed by atoms with Crippen LogP contribution in [0.2, 0.25) is 5.02 Å². The number of amides is 1. The fourth-order valence-corrected chi connectivity index (χ4v) is 2.57. The van der Waals surface area contributed by atoms with Gasteiger partial charge in [0.1, 0.15) is 18.2 Å². The van der Waals surface area contributed by atoms with Crippen LogP contribution in [-0.2, 0) is 13.1 Å². The maximum atomic E-state index is 12.1. The van der Waals surface area contributed by atoms with E-state index < -0.39 is 4.92 Å². The minimum absolute atomic E-state index is 0.104. The molecular weight excluding hydrogens is 376 g/mol. The van der Waals surface area contributed by atoms with E-state index in [1.165, 1.54) is 10.9 Å². The van der Waals surface area contributed by atoms with E-state index in [1.807, 2.05) is 6.92 Å². The van der Waals surface area contributed by atoms with Crippen LogP contribution >= 0.6 is 11.6 Å². The molecule has 0 aliphatic rings. The quantitative estimate of drug-likeness (QED) is 0.357.